The standard InChI is InChI=1S/C14H30O11/c1-23-13(22)11(20)10(19)8(4-6-16)25-14(24-2)12(21)9(18)7(17)3-5-15/h7-22H,3-6H2,1-2H3/t7-,8+,9-,10?,11-,12?,13+,14-/m0/s1. The van der Waals surface area contributed by atoms with Crippen LogP contribution in [-0.2, 0) is 14.2 Å². The van der Waals surface area contributed by atoms with Crippen LogP contribution < -0.4 is 0 Å². The second-order valence-electron chi connectivity index (χ2n) is 5.46. The van der Waals surface area contributed by atoms with Crippen molar-refractivity contribution in [3.05, 3.63) is 0 Å². The van der Waals surface area contributed by atoms with Crippen molar-refractivity contribution in [2.45, 2.75) is 62.0 Å². The fourth-order valence-corrected chi connectivity index (χ4v) is 2.11. The molecular formula is C14H30O11. The monoisotopic (exact) mass is 374 g/mol. The summed E-state index contributed by atoms with van der Waals surface area (Å²) < 4.78 is 14.7. The van der Waals surface area contributed by atoms with Gasteiger partial charge >= 0.3 is 0 Å². The van der Waals surface area contributed by atoms with E-state index < -0.39 is 62.4 Å². The molecule has 0 heterocycles. The van der Waals surface area contributed by atoms with Gasteiger partial charge in [0, 0.05) is 27.4 Å². The van der Waals surface area contributed by atoms with Crippen LogP contribution in [0.3, 0.4) is 0 Å². The van der Waals surface area contributed by atoms with Crippen LogP contribution >= 0.6 is 0 Å². The molecule has 0 aliphatic heterocycles. The van der Waals surface area contributed by atoms with E-state index in [2.05, 4.69) is 4.74 Å². The van der Waals surface area contributed by atoms with Gasteiger partial charge in [-0.25, -0.2) is 0 Å². The largest absolute Gasteiger partial charge is 0.396 e. The first-order chi connectivity index (χ1) is 11.7. The van der Waals surface area contributed by atoms with E-state index in [0.717, 1.165) is 14.2 Å². The molecule has 0 fully saturated rings. The van der Waals surface area contributed by atoms with Crippen LogP contribution in [-0.4, -0.2) is 117 Å². The lowest BCUT2D eigenvalue weighted by Gasteiger charge is -2.34. The molecule has 0 aliphatic rings. The second-order valence-corrected chi connectivity index (χ2v) is 5.46. The van der Waals surface area contributed by atoms with Crippen molar-refractivity contribution in [1.82, 2.24) is 0 Å². The van der Waals surface area contributed by atoms with E-state index in [1.807, 2.05) is 0 Å². The van der Waals surface area contributed by atoms with Crippen LogP contribution in [0.25, 0.3) is 0 Å². The number of rotatable bonds is 14. The first-order valence-corrected chi connectivity index (χ1v) is 7.76. The first kappa shape index (κ1) is 24.6. The Morgan fingerprint density at radius 3 is 1.68 bits per heavy atom. The van der Waals surface area contributed by atoms with Crippen LogP contribution in [0.5, 0.6) is 0 Å². The van der Waals surface area contributed by atoms with Gasteiger partial charge in [0.2, 0.25) is 0 Å². The summed E-state index contributed by atoms with van der Waals surface area (Å²) in [4.78, 5) is 0. The zero-order chi connectivity index (χ0) is 19.6. The highest BCUT2D eigenvalue weighted by molar-refractivity contribution is 4.82. The molecule has 2 unspecified atom stereocenters. The third-order valence-corrected chi connectivity index (χ3v) is 3.67. The lowest BCUT2D eigenvalue weighted by Crippen LogP contribution is -2.52. The number of aliphatic hydroxyl groups is 8. The predicted octanol–water partition coefficient (Wildman–Crippen LogP) is -4.12. The Morgan fingerprint density at radius 2 is 1.24 bits per heavy atom. The molecule has 152 valence electrons. The zero-order valence-electron chi connectivity index (χ0n) is 14.2. The molecule has 11 nitrogen and oxygen atoms in total. The van der Waals surface area contributed by atoms with Gasteiger partial charge in [0.25, 0.3) is 0 Å². The van der Waals surface area contributed by atoms with Gasteiger partial charge in [-0.1, -0.05) is 0 Å². The van der Waals surface area contributed by atoms with Gasteiger partial charge in [0.05, 0.1) is 12.2 Å². The zero-order valence-corrected chi connectivity index (χ0v) is 14.2. The summed E-state index contributed by atoms with van der Waals surface area (Å²) in [6, 6.07) is 0. The van der Waals surface area contributed by atoms with Gasteiger partial charge in [-0.3, -0.25) is 0 Å². The summed E-state index contributed by atoms with van der Waals surface area (Å²) >= 11 is 0. The van der Waals surface area contributed by atoms with Crippen molar-refractivity contribution in [2.75, 3.05) is 27.4 Å². The normalized spacial score (nSPS) is 21.8. The molecule has 0 rings (SSSR count). The van der Waals surface area contributed by atoms with Crippen molar-refractivity contribution in [2.24, 2.45) is 0 Å². The molecule has 0 aromatic heterocycles. The highest BCUT2D eigenvalue weighted by atomic mass is 16.7. The maximum Gasteiger partial charge on any atom is 0.186 e. The van der Waals surface area contributed by atoms with E-state index in [4.69, 9.17) is 19.7 Å². The number of aliphatic hydroxyl groups excluding tert-OH is 8. The predicted molar refractivity (Wildman–Crippen MR) is 82.1 cm³/mol. The fourth-order valence-electron chi connectivity index (χ4n) is 2.11. The Bertz CT molecular complexity index is 332. The molecule has 0 aromatic rings. The van der Waals surface area contributed by atoms with Crippen molar-refractivity contribution in [3.63, 3.8) is 0 Å². The molecule has 0 aromatic carbocycles. The molecule has 0 saturated heterocycles. The third-order valence-electron chi connectivity index (χ3n) is 3.67. The fraction of sp³-hybridized carbons (Fsp3) is 1.00. The molecule has 0 radical (unpaired) electrons. The maximum absolute atomic E-state index is 10.1. The Hall–Kier alpha value is -0.440. The Morgan fingerprint density at radius 1 is 0.680 bits per heavy atom. The van der Waals surface area contributed by atoms with Gasteiger partial charge in [-0.05, 0) is 12.8 Å². The minimum Gasteiger partial charge on any atom is -0.396 e. The highest BCUT2D eigenvalue weighted by Crippen LogP contribution is 2.18. The Labute approximate surface area is 145 Å². The Kier molecular flexibility index (Phi) is 12.6. The third kappa shape index (κ3) is 7.76. The van der Waals surface area contributed by atoms with Crippen molar-refractivity contribution in [1.29, 1.82) is 0 Å². The highest BCUT2D eigenvalue weighted by Gasteiger charge is 2.38. The van der Waals surface area contributed by atoms with Crippen LogP contribution in [0.15, 0.2) is 0 Å². The quantitative estimate of drug-likeness (QED) is 0.138. The van der Waals surface area contributed by atoms with Gasteiger partial charge < -0.3 is 55.1 Å². The average molecular weight is 374 g/mol. The molecule has 0 aliphatic carbocycles. The molecule has 8 N–H and O–H groups in total. The van der Waals surface area contributed by atoms with E-state index >= 15 is 0 Å². The molecular weight excluding hydrogens is 344 g/mol. The molecule has 0 spiro atoms. The van der Waals surface area contributed by atoms with Gasteiger partial charge in [-0.2, -0.15) is 0 Å². The molecule has 8 atom stereocenters. The smallest absolute Gasteiger partial charge is 0.186 e. The van der Waals surface area contributed by atoms with Crippen molar-refractivity contribution in [3.8, 4) is 0 Å². The molecule has 11 heteroatoms. The minimum absolute atomic E-state index is 0.198. The van der Waals surface area contributed by atoms with E-state index in [-0.39, 0.29) is 12.8 Å². The summed E-state index contributed by atoms with van der Waals surface area (Å²) in [6.07, 6.45) is -13.4. The van der Waals surface area contributed by atoms with Gasteiger partial charge in [0.15, 0.2) is 12.6 Å². The Balaban J connectivity index is 5.05. The topological polar surface area (TPSA) is 190 Å². The summed E-state index contributed by atoms with van der Waals surface area (Å²) in [5, 5.41) is 76.6. The number of hydrogen-bond donors (Lipinski definition) is 8. The van der Waals surface area contributed by atoms with E-state index in [1.54, 1.807) is 0 Å². The van der Waals surface area contributed by atoms with Gasteiger partial charge in [-0.15, -0.1) is 0 Å². The van der Waals surface area contributed by atoms with Crippen LogP contribution in [0, 0.1) is 0 Å². The molecule has 0 bridgehead atoms. The van der Waals surface area contributed by atoms with E-state index in [1.165, 1.54) is 0 Å². The first-order valence-electron chi connectivity index (χ1n) is 7.76. The minimum atomic E-state index is -1.78. The van der Waals surface area contributed by atoms with E-state index in [0.29, 0.717) is 0 Å². The molecule has 25 heavy (non-hydrogen) atoms. The van der Waals surface area contributed by atoms with Crippen LogP contribution in [0.1, 0.15) is 12.8 Å². The van der Waals surface area contributed by atoms with Crippen molar-refractivity contribution < 1.29 is 55.1 Å². The van der Waals surface area contributed by atoms with Crippen LogP contribution in [0.2, 0.25) is 0 Å². The van der Waals surface area contributed by atoms with Crippen molar-refractivity contribution >= 4 is 0 Å². The maximum atomic E-state index is 10.1. The van der Waals surface area contributed by atoms with E-state index in [9.17, 15) is 30.6 Å². The van der Waals surface area contributed by atoms with Gasteiger partial charge in [0.1, 0.15) is 24.4 Å². The second kappa shape index (κ2) is 12.8. The average Bonchev–Trinajstić information content (AvgIpc) is 2.62. The van der Waals surface area contributed by atoms with Crippen LogP contribution in [0.4, 0.5) is 0 Å². The molecule has 0 saturated carbocycles. The molecule has 0 amide bonds. The summed E-state index contributed by atoms with van der Waals surface area (Å²) in [7, 11) is 2.23. The lowest BCUT2D eigenvalue weighted by molar-refractivity contribution is -0.263. The summed E-state index contributed by atoms with van der Waals surface area (Å²) in [6.45, 7) is -0.879. The SMILES string of the molecule is CO[C@@H](O[C@H](CCO)C(O)[C@H](O)[C@H](O)OC)C(O)[C@@H](O)[C@@H](O)CCO. The summed E-state index contributed by atoms with van der Waals surface area (Å²) in [5.41, 5.74) is 0. The number of methoxy groups -OCH3 is 2. The summed E-state index contributed by atoms with van der Waals surface area (Å²) in [5.74, 6) is 0. The lowest BCUT2D eigenvalue weighted by atomic mass is 10.0. The number of hydrogen-bond acceptors (Lipinski definition) is 11. The number of ether oxygens (including phenoxy) is 3.